The molecule has 0 aromatic heterocycles. The standard InChI is InChI=1S/C35H25N3O8S/c39-22-11-13-24-29(18-22)45-30-19-23(40)12-14-25(30)35(24)26-15-16-27(37-34(42)38-47(43)44)32(31(26)33(41)46-35)36-28(21-9-5-2-6-10-21)17-20-7-3-1-4-8-20/h1-16,18-19,39-40H,17H2,(H,43,44)(H2,37,38,42)/p-1. The third kappa shape index (κ3) is 5.35. The zero-order valence-corrected chi connectivity index (χ0v) is 25.1. The van der Waals surface area contributed by atoms with Gasteiger partial charge in [-0.2, -0.15) is 0 Å². The molecular formula is C35H24N3O8S-. The maximum Gasteiger partial charge on any atom is 0.342 e. The Morgan fingerprint density at radius 2 is 1.43 bits per heavy atom. The number of nitrogens with one attached hydrogen (secondary N) is 2. The Morgan fingerprint density at radius 1 is 0.830 bits per heavy atom. The van der Waals surface area contributed by atoms with Gasteiger partial charge < -0.3 is 29.6 Å². The molecule has 2 aliphatic heterocycles. The summed E-state index contributed by atoms with van der Waals surface area (Å²) < 4.78 is 36.6. The van der Waals surface area contributed by atoms with E-state index in [4.69, 9.17) is 14.5 Å². The van der Waals surface area contributed by atoms with Gasteiger partial charge in [-0.3, -0.25) is 8.93 Å². The Morgan fingerprint density at radius 3 is 2.04 bits per heavy atom. The number of phenolic OH excluding ortho intramolecular Hbond substituents is 2. The van der Waals surface area contributed by atoms with Gasteiger partial charge in [0.2, 0.25) is 0 Å². The van der Waals surface area contributed by atoms with Crippen molar-refractivity contribution in [3.8, 4) is 23.0 Å². The highest BCUT2D eigenvalue weighted by Gasteiger charge is 2.55. The first kappa shape index (κ1) is 29.7. The third-order valence-electron chi connectivity index (χ3n) is 7.91. The van der Waals surface area contributed by atoms with Crippen LogP contribution in [0.4, 0.5) is 16.2 Å². The lowest BCUT2D eigenvalue weighted by atomic mass is 9.77. The van der Waals surface area contributed by atoms with Crippen molar-refractivity contribution in [3.05, 3.63) is 143 Å². The molecule has 11 nitrogen and oxygen atoms in total. The summed E-state index contributed by atoms with van der Waals surface area (Å²) in [4.78, 5) is 31.8. The highest BCUT2D eigenvalue weighted by Crippen LogP contribution is 2.58. The van der Waals surface area contributed by atoms with Crippen molar-refractivity contribution >= 4 is 40.4 Å². The van der Waals surface area contributed by atoms with E-state index in [1.165, 1.54) is 30.3 Å². The number of nitrogens with zero attached hydrogens (tertiary/aromatic N) is 1. The van der Waals surface area contributed by atoms with Crippen LogP contribution in [0.25, 0.3) is 0 Å². The van der Waals surface area contributed by atoms with Gasteiger partial charge in [-0.05, 0) is 41.5 Å². The van der Waals surface area contributed by atoms with E-state index in [1.807, 2.05) is 60.7 Å². The molecule has 5 aromatic carbocycles. The fourth-order valence-corrected chi connectivity index (χ4v) is 6.18. The fourth-order valence-electron chi connectivity index (χ4n) is 5.97. The minimum atomic E-state index is -2.91. The van der Waals surface area contributed by atoms with Gasteiger partial charge in [0.25, 0.3) is 0 Å². The van der Waals surface area contributed by atoms with Crippen LogP contribution in [0.15, 0.2) is 114 Å². The average molecular weight is 647 g/mol. The number of amides is 2. The van der Waals surface area contributed by atoms with Gasteiger partial charge in [0, 0.05) is 46.5 Å². The normalized spacial score (nSPS) is 14.7. The number of benzene rings is 5. The largest absolute Gasteiger partial charge is 0.755 e. The van der Waals surface area contributed by atoms with E-state index in [2.05, 4.69) is 5.32 Å². The topological polar surface area (TPSA) is 170 Å². The molecule has 0 aliphatic carbocycles. The van der Waals surface area contributed by atoms with Crippen LogP contribution in [0, 0.1) is 0 Å². The van der Waals surface area contributed by atoms with Crippen LogP contribution >= 0.6 is 0 Å². The average Bonchev–Trinajstić information content (AvgIpc) is 3.34. The van der Waals surface area contributed by atoms with Crippen molar-refractivity contribution in [1.82, 2.24) is 4.72 Å². The highest BCUT2D eigenvalue weighted by molar-refractivity contribution is 7.77. The minimum Gasteiger partial charge on any atom is -0.755 e. The molecule has 0 saturated carbocycles. The number of urea groups is 1. The van der Waals surface area contributed by atoms with E-state index in [1.54, 1.807) is 22.9 Å². The summed E-state index contributed by atoms with van der Waals surface area (Å²) in [5.74, 6) is -0.564. The van der Waals surface area contributed by atoms with Crippen LogP contribution in [-0.2, 0) is 28.0 Å². The fraction of sp³-hybridized carbons (Fsp3) is 0.0571. The van der Waals surface area contributed by atoms with Crippen molar-refractivity contribution < 1.29 is 38.0 Å². The van der Waals surface area contributed by atoms with Crippen LogP contribution < -0.4 is 14.8 Å². The van der Waals surface area contributed by atoms with Crippen molar-refractivity contribution in [2.24, 2.45) is 4.99 Å². The lowest BCUT2D eigenvalue weighted by Crippen LogP contribution is -2.33. The molecule has 1 atom stereocenters. The summed E-state index contributed by atoms with van der Waals surface area (Å²) in [5, 5.41) is 23.1. The third-order valence-corrected chi connectivity index (χ3v) is 8.26. The lowest BCUT2D eigenvalue weighted by Gasteiger charge is -2.36. The predicted molar refractivity (Wildman–Crippen MR) is 172 cm³/mol. The van der Waals surface area contributed by atoms with E-state index in [9.17, 15) is 28.6 Å². The number of anilines is 1. The van der Waals surface area contributed by atoms with Gasteiger partial charge in [0.1, 0.15) is 28.7 Å². The monoisotopic (exact) mass is 646 g/mol. The number of hydrogen-bond donors (Lipinski definition) is 4. The summed E-state index contributed by atoms with van der Waals surface area (Å²) in [6.45, 7) is 0. The number of hydrogen-bond acceptors (Lipinski definition) is 9. The van der Waals surface area contributed by atoms with E-state index >= 15 is 0 Å². The molecule has 0 bridgehead atoms. The maximum absolute atomic E-state index is 14.1. The number of phenols is 2. The van der Waals surface area contributed by atoms with E-state index in [0.717, 1.165) is 11.1 Å². The molecule has 7 rings (SSSR count). The van der Waals surface area contributed by atoms with Crippen LogP contribution in [-0.4, -0.2) is 36.7 Å². The number of rotatable bonds is 6. The van der Waals surface area contributed by atoms with Crippen LogP contribution in [0.3, 0.4) is 0 Å². The quantitative estimate of drug-likeness (QED) is 0.0997. The molecule has 12 heteroatoms. The first-order valence-electron chi connectivity index (χ1n) is 14.3. The van der Waals surface area contributed by atoms with Crippen LogP contribution in [0.5, 0.6) is 23.0 Å². The molecule has 2 amide bonds. The number of ether oxygens (including phenoxy) is 2. The number of esters is 1. The molecule has 5 aromatic rings. The second-order valence-electron chi connectivity index (χ2n) is 10.8. The molecule has 0 fully saturated rings. The van der Waals surface area contributed by atoms with Gasteiger partial charge in [-0.25, -0.2) is 14.6 Å². The number of aromatic hydroxyl groups is 2. The number of aliphatic imine (C=N–C) groups is 1. The highest BCUT2D eigenvalue weighted by atomic mass is 32.2. The molecule has 1 unspecified atom stereocenters. The molecule has 234 valence electrons. The molecule has 2 aliphatic rings. The van der Waals surface area contributed by atoms with E-state index in [-0.39, 0.29) is 39.9 Å². The number of carbonyl (C=O) groups excluding carboxylic acids is 2. The second kappa shape index (κ2) is 11.7. The molecule has 0 saturated heterocycles. The summed E-state index contributed by atoms with van der Waals surface area (Å²) in [6.07, 6.45) is 0.350. The zero-order chi connectivity index (χ0) is 32.7. The van der Waals surface area contributed by atoms with Gasteiger partial charge >= 0.3 is 12.0 Å². The van der Waals surface area contributed by atoms with E-state index in [0.29, 0.717) is 28.8 Å². The zero-order valence-electron chi connectivity index (χ0n) is 24.3. The Labute approximate surface area is 270 Å². The van der Waals surface area contributed by atoms with Crippen molar-refractivity contribution in [2.75, 3.05) is 5.32 Å². The van der Waals surface area contributed by atoms with Crippen molar-refractivity contribution in [2.45, 2.75) is 12.0 Å². The number of fused-ring (bicyclic) bond motifs is 6. The molecule has 0 radical (unpaired) electrons. The summed E-state index contributed by atoms with van der Waals surface area (Å²) in [7, 11) is 0. The van der Waals surface area contributed by atoms with Crippen molar-refractivity contribution in [3.63, 3.8) is 0 Å². The maximum atomic E-state index is 14.1. The molecule has 1 spiro atoms. The molecule has 2 heterocycles. The van der Waals surface area contributed by atoms with Gasteiger partial charge in [-0.15, -0.1) is 0 Å². The smallest absolute Gasteiger partial charge is 0.342 e. The Kier molecular flexibility index (Phi) is 7.43. The summed E-state index contributed by atoms with van der Waals surface area (Å²) in [5.41, 5.74) is 1.92. The van der Waals surface area contributed by atoms with Crippen molar-refractivity contribution in [1.29, 1.82) is 0 Å². The molecular weight excluding hydrogens is 622 g/mol. The van der Waals surface area contributed by atoms with E-state index < -0.39 is 28.9 Å². The summed E-state index contributed by atoms with van der Waals surface area (Å²) in [6, 6.07) is 29.7. The second-order valence-corrected chi connectivity index (χ2v) is 11.5. The van der Waals surface area contributed by atoms with Gasteiger partial charge in [-0.1, -0.05) is 66.7 Å². The Balaban J connectivity index is 1.50. The summed E-state index contributed by atoms with van der Waals surface area (Å²) >= 11 is -2.91. The van der Waals surface area contributed by atoms with Gasteiger partial charge in [0.05, 0.1) is 17.0 Å². The SMILES string of the molecule is O=C(Nc1ccc2c(c1N=C(Cc1ccccc1)c1ccccc1)C(=O)OC21c2ccc(O)cc2Oc2cc(O)ccc21)NS(=O)[O-]. The Bertz CT molecular complexity index is 2070. The minimum absolute atomic E-state index is 0.0208. The lowest BCUT2D eigenvalue weighted by molar-refractivity contribution is 0.0224. The first-order valence-corrected chi connectivity index (χ1v) is 15.4. The predicted octanol–water partition coefficient (Wildman–Crippen LogP) is 5.94. The van der Waals surface area contributed by atoms with Gasteiger partial charge in [0.15, 0.2) is 5.60 Å². The molecule has 47 heavy (non-hydrogen) atoms. The Hall–Kier alpha value is -5.98. The van der Waals surface area contributed by atoms with Crippen LogP contribution in [0.1, 0.15) is 38.2 Å². The number of carbonyl (C=O) groups is 2. The molecule has 4 N–H and O–H groups in total. The van der Waals surface area contributed by atoms with Crippen LogP contribution in [0.2, 0.25) is 0 Å². The first-order chi connectivity index (χ1) is 22.7.